The molecule has 0 amide bonds. The topological polar surface area (TPSA) is 74.3 Å². The fraction of sp³-hybridized carbons (Fsp3) is 0.625. The SMILES string of the molecule is CC(/C=C/B1OC(C)(C)C(C)(C)O1)=C\B1OC(=O)CN(C)CC(=O)O1. The van der Waals surface area contributed by atoms with Crippen LogP contribution in [0.5, 0.6) is 0 Å². The van der Waals surface area contributed by atoms with Crippen LogP contribution in [-0.2, 0) is 28.2 Å². The Kier molecular flexibility index (Phi) is 5.81. The van der Waals surface area contributed by atoms with Gasteiger partial charge in [-0.1, -0.05) is 17.6 Å². The summed E-state index contributed by atoms with van der Waals surface area (Å²) in [6.07, 6.45) is 1.79. The summed E-state index contributed by atoms with van der Waals surface area (Å²) in [6.45, 7) is 9.82. The molecule has 2 rings (SSSR count). The van der Waals surface area contributed by atoms with Gasteiger partial charge in [-0.3, -0.25) is 14.5 Å². The highest BCUT2D eigenvalue weighted by Crippen LogP contribution is 2.36. The van der Waals surface area contributed by atoms with Gasteiger partial charge in [0.1, 0.15) is 0 Å². The summed E-state index contributed by atoms with van der Waals surface area (Å²) in [5.41, 5.74) is -0.0544. The van der Waals surface area contributed by atoms with E-state index in [2.05, 4.69) is 0 Å². The lowest BCUT2D eigenvalue weighted by atomic mass is 9.84. The van der Waals surface area contributed by atoms with E-state index < -0.39 is 37.4 Å². The molecule has 2 saturated heterocycles. The minimum Gasteiger partial charge on any atom is -0.495 e. The molecule has 0 bridgehead atoms. The van der Waals surface area contributed by atoms with Gasteiger partial charge >= 0.3 is 26.2 Å². The lowest BCUT2D eigenvalue weighted by molar-refractivity contribution is -0.145. The Labute approximate surface area is 149 Å². The molecule has 9 heteroatoms. The van der Waals surface area contributed by atoms with Crippen molar-refractivity contribution < 1.29 is 28.2 Å². The maximum Gasteiger partial charge on any atom is 0.629 e. The Bertz CT molecular complexity index is 565. The molecule has 0 spiro atoms. The van der Waals surface area contributed by atoms with Crippen LogP contribution in [0, 0.1) is 0 Å². The van der Waals surface area contributed by atoms with Crippen molar-refractivity contribution >= 4 is 26.2 Å². The third kappa shape index (κ3) is 5.20. The first-order valence-electron chi connectivity index (χ1n) is 8.28. The van der Waals surface area contributed by atoms with Gasteiger partial charge in [0.05, 0.1) is 24.3 Å². The Balaban J connectivity index is 2.00. The standard InChI is InChI=1S/C16H25B2NO6/c1-12(7-8-17-24-15(2,3)16(4,5)25-17)9-18-22-13(20)10-19(6)11-14(21)23-18/h7-9H,10-11H2,1-6H3/b8-7+,12-9+. The van der Waals surface area contributed by atoms with Crippen molar-refractivity contribution in [1.82, 2.24) is 4.90 Å². The minimum absolute atomic E-state index is 0.0439. The minimum atomic E-state index is -1.03. The van der Waals surface area contributed by atoms with Crippen molar-refractivity contribution in [3.05, 3.63) is 23.6 Å². The molecule has 25 heavy (non-hydrogen) atoms. The lowest BCUT2D eigenvalue weighted by Gasteiger charge is -2.32. The highest BCUT2D eigenvalue weighted by atomic mass is 16.7. The first-order chi connectivity index (χ1) is 11.5. The average Bonchev–Trinajstić information content (AvgIpc) is 2.62. The smallest absolute Gasteiger partial charge is 0.495 e. The highest BCUT2D eigenvalue weighted by Gasteiger charge is 2.50. The van der Waals surface area contributed by atoms with Crippen LogP contribution in [0.25, 0.3) is 0 Å². The molecule has 2 aliphatic rings. The molecule has 2 aliphatic heterocycles. The first-order valence-corrected chi connectivity index (χ1v) is 8.28. The van der Waals surface area contributed by atoms with Gasteiger partial charge in [0.15, 0.2) is 0 Å². The normalized spacial score (nSPS) is 25.0. The van der Waals surface area contributed by atoms with Crippen molar-refractivity contribution in [2.24, 2.45) is 0 Å². The van der Waals surface area contributed by atoms with Gasteiger partial charge in [-0.05, 0) is 47.6 Å². The van der Waals surface area contributed by atoms with Crippen molar-refractivity contribution in [2.45, 2.75) is 45.8 Å². The molecule has 0 radical (unpaired) electrons. The van der Waals surface area contributed by atoms with Crippen molar-refractivity contribution in [1.29, 1.82) is 0 Å². The second kappa shape index (κ2) is 7.35. The summed E-state index contributed by atoms with van der Waals surface area (Å²) in [7, 11) is 0.151. The van der Waals surface area contributed by atoms with Crippen LogP contribution in [0.1, 0.15) is 34.6 Å². The van der Waals surface area contributed by atoms with E-state index in [1.807, 2.05) is 34.6 Å². The van der Waals surface area contributed by atoms with E-state index in [1.165, 1.54) is 4.90 Å². The van der Waals surface area contributed by atoms with Crippen molar-refractivity contribution in [3.63, 3.8) is 0 Å². The molecular weight excluding hydrogens is 324 g/mol. The van der Waals surface area contributed by atoms with Crippen LogP contribution in [0.4, 0.5) is 0 Å². The maximum absolute atomic E-state index is 11.7. The summed E-state index contributed by atoms with van der Waals surface area (Å²) in [4.78, 5) is 25.0. The zero-order valence-electron chi connectivity index (χ0n) is 15.7. The molecule has 0 aromatic carbocycles. The van der Waals surface area contributed by atoms with Gasteiger partial charge in [-0.25, -0.2) is 0 Å². The molecule has 7 nitrogen and oxygen atoms in total. The molecule has 0 unspecified atom stereocenters. The van der Waals surface area contributed by atoms with E-state index in [0.717, 1.165) is 5.57 Å². The van der Waals surface area contributed by atoms with E-state index >= 15 is 0 Å². The summed E-state index contributed by atoms with van der Waals surface area (Å²) in [6, 6.07) is 0. The molecule has 2 heterocycles. The number of carbonyl (C=O) groups excluding carboxylic acids is 2. The van der Waals surface area contributed by atoms with Crippen LogP contribution in [-0.4, -0.2) is 62.4 Å². The Morgan fingerprint density at radius 1 is 1.00 bits per heavy atom. The summed E-state index contributed by atoms with van der Waals surface area (Å²) < 4.78 is 22.0. The lowest BCUT2D eigenvalue weighted by Crippen LogP contribution is -2.41. The largest absolute Gasteiger partial charge is 0.629 e. The van der Waals surface area contributed by atoms with E-state index in [4.69, 9.17) is 18.6 Å². The maximum atomic E-state index is 11.7. The van der Waals surface area contributed by atoms with Gasteiger partial charge in [0, 0.05) is 0 Å². The molecular formula is C16H25B2NO6. The van der Waals surface area contributed by atoms with Crippen LogP contribution < -0.4 is 0 Å². The van der Waals surface area contributed by atoms with Crippen LogP contribution in [0.15, 0.2) is 23.6 Å². The molecule has 136 valence electrons. The molecule has 0 saturated carbocycles. The van der Waals surface area contributed by atoms with Crippen LogP contribution in [0.3, 0.4) is 0 Å². The third-order valence-corrected chi connectivity index (χ3v) is 4.48. The van der Waals surface area contributed by atoms with Gasteiger partial charge in [-0.15, -0.1) is 0 Å². The van der Waals surface area contributed by atoms with Gasteiger partial charge < -0.3 is 18.6 Å². The zero-order chi connectivity index (χ0) is 18.8. The summed E-state index contributed by atoms with van der Waals surface area (Å²) >= 11 is 0. The van der Waals surface area contributed by atoms with E-state index in [9.17, 15) is 9.59 Å². The number of rotatable bonds is 3. The third-order valence-electron chi connectivity index (χ3n) is 4.48. The predicted octanol–water partition coefficient (Wildman–Crippen LogP) is 1.18. The number of allylic oxidation sites excluding steroid dienone is 2. The molecule has 0 aromatic rings. The van der Waals surface area contributed by atoms with E-state index in [1.54, 1.807) is 25.1 Å². The summed E-state index contributed by atoms with van der Waals surface area (Å²) in [5.74, 6) is 2.46. The molecule has 0 aromatic heterocycles. The second-order valence-corrected chi connectivity index (χ2v) is 7.41. The molecule has 2 fully saturated rings. The summed E-state index contributed by atoms with van der Waals surface area (Å²) in [5, 5.41) is 0. The fourth-order valence-corrected chi connectivity index (χ4v) is 2.39. The van der Waals surface area contributed by atoms with E-state index in [-0.39, 0.29) is 13.1 Å². The zero-order valence-corrected chi connectivity index (χ0v) is 15.7. The Morgan fingerprint density at radius 3 is 1.96 bits per heavy atom. The second-order valence-electron chi connectivity index (χ2n) is 7.41. The van der Waals surface area contributed by atoms with Gasteiger partial charge in [0.2, 0.25) is 0 Å². The predicted molar refractivity (Wildman–Crippen MR) is 94.4 cm³/mol. The number of likely N-dealkylation sites (N-methyl/N-ethyl adjacent to an activating group) is 1. The van der Waals surface area contributed by atoms with Crippen LogP contribution in [0.2, 0.25) is 0 Å². The molecule has 0 atom stereocenters. The van der Waals surface area contributed by atoms with E-state index in [0.29, 0.717) is 0 Å². The first kappa shape index (κ1) is 19.8. The van der Waals surface area contributed by atoms with Crippen LogP contribution >= 0.6 is 0 Å². The Hall–Kier alpha value is -1.57. The number of nitrogens with zero attached hydrogens (tertiary/aromatic N) is 1. The van der Waals surface area contributed by atoms with Gasteiger partial charge in [0.25, 0.3) is 0 Å². The number of hydrogen-bond acceptors (Lipinski definition) is 7. The molecule has 0 aliphatic carbocycles. The average molecular weight is 349 g/mol. The number of hydrogen-bond donors (Lipinski definition) is 0. The fourth-order valence-electron chi connectivity index (χ4n) is 2.39. The quantitative estimate of drug-likeness (QED) is 0.560. The highest BCUT2D eigenvalue weighted by molar-refractivity contribution is 6.55. The van der Waals surface area contributed by atoms with Crippen molar-refractivity contribution in [2.75, 3.05) is 20.1 Å². The monoisotopic (exact) mass is 349 g/mol. The Morgan fingerprint density at radius 2 is 1.48 bits per heavy atom. The number of carbonyl (C=O) groups is 2. The van der Waals surface area contributed by atoms with Gasteiger partial charge in [-0.2, -0.15) is 0 Å². The van der Waals surface area contributed by atoms with Crippen molar-refractivity contribution in [3.8, 4) is 0 Å². The molecule has 0 N–H and O–H groups in total.